The molecule has 29 heavy (non-hydrogen) atoms. The summed E-state index contributed by atoms with van der Waals surface area (Å²) >= 11 is 0. The van der Waals surface area contributed by atoms with E-state index in [0.29, 0.717) is 5.75 Å². The van der Waals surface area contributed by atoms with Gasteiger partial charge in [-0.05, 0) is 30.7 Å². The molecule has 0 radical (unpaired) electrons. The predicted octanol–water partition coefficient (Wildman–Crippen LogP) is 4.95. The second-order valence-corrected chi connectivity index (χ2v) is 7.29. The van der Waals surface area contributed by atoms with Gasteiger partial charge in [-0.3, -0.25) is 13.6 Å². The highest BCUT2D eigenvalue weighted by Crippen LogP contribution is 2.58. The summed E-state index contributed by atoms with van der Waals surface area (Å²) in [5.74, 6) is -1.07. The Labute approximate surface area is 161 Å². The monoisotopic (exact) mass is 450 g/mol. The summed E-state index contributed by atoms with van der Waals surface area (Å²) in [5.41, 5.74) is 0.0975. The van der Waals surface area contributed by atoms with E-state index in [1.807, 2.05) is 0 Å². The van der Waals surface area contributed by atoms with Crippen molar-refractivity contribution in [2.75, 3.05) is 26.9 Å². The first-order valence-electron chi connectivity index (χ1n) is 7.85. The maximum absolute atomic E-state index is 12.8. The average Bonchev–Trinajstić information content (AvgIpc) is 2.62. The summed E-state index contributed by atoms with van der Waals surface area (Å²) in [7, 11) is -4.02. The van der Waals surface area contributed by atoms with Crippen molar-refractivity contribution in [2.24, 2.45) is 0 Å². The summed E-state index contributed by atoms with van der Waals surface area (Å²) in [4.78, 5) is 12.2. The smallest absolute Gasteiger partial charge is 0.412 e. The van der Waals surface area contributed by atoms with Crippen molar-refractivity contribution in [3.63, 3.8) is 0 Å². The molecule has 0 aromatic heterocycles. The van der Waals surface area contributed by atoms with Crippen LogP contribution in [-0.4, -0.2) is 45.3 Å². The number of benzene rings is 1. The highest BCUT2D eigenvalue weighted by atomic mass is 31.2. The van der Waals surface area contributed by atoms with Gasteiger partial charge in [0.1, 0.15) is 11.1 Å². The number of carbonyl (C=O) groups excluding carboxylic acids is 1. The van der Waals surface area contributed by atoms with E-state index >= 15 is 0 Å². The largest absolute Gasteiger partial charge is 0.497 e. The molecule has 0 N–H and O–H groups in total. The van der Waals surface area contributed by atoms with Crippen molar-refractivity contribution in [1.29, 1.82) is 0 Å². The number of alkyl halides is 6. The molecule has 0 unspecified atom stereocenters. The fourth-order valence-electron chi connectivity index (χ4n) is 1.81. The van der Waals surface area contributed by atoms with E-state index in [2.05, 4.69) is 13.8 Å². The summed E-state index contributed by atoms with van der Waals surface area (Å²) in [6.45, 7) is -3.37. The molecule has 1 rings (SSSR count). The molecule has 0 heterocycles. The highest BCUT2D eigenvalue weighted by Gasteiger charge is 2.43. The molecule has 0 fully saturated rings. The zero-order valence-electron chi connectivity index (χ0n) is 15.2. The lowest BCUT2D eigenvalue weighted by Crippen LogP contribution is -2.22. The number of methoxy groups -OCH3 is 1. The summed E-state index contributed by atoms with van der Waals surface area (Å²) in [5, 5.41) is -1.11. The molecule has 0 saturated carbocycles. The Morgan fingerprint density at radius 3 is 1.86 bits per heavy atom. The number of rotatable bonds is 9. The van der Waals surface area contributed by atoms with Crippen LogP contribution in [0.5, 0.6) is 5.75 Å². The quantitative estimate of drug-likeness (QED) is 0.230. The topological polar surface area (TPSA) is 71.1 Å². The van der Waals surface area contributed by atoms with Gasteiger partial charge in [-0.25, -0.2) is 4.79 Å². The van der Waals surface area contributed by atoms with Crippen LogP contribution >= 0.6 is 7.60 Å². The molecule has 0 aliphatic rings. The van der Waals surface area contributed by atoms with Gasteiger partial charge in [-0.2, -0.15) is 26.3 Å². The SMILES string of the molecule is CCOC(=O)/C(=C\c1ccc(OC)cc1)P(=O)(OCC(F)(F)F)OCC(F)(F)F. The van der Waals surface area contributed by atoms with E-state index in [1.54, 1.807) is 0 Å². The molecule has 0 saturated heterocycles. The van der Waals surface area contributed by atoms with E-state index in [-0.39, 0.29) is 12.2 Å². The van der Waals surface area contributed by atoms with Gasteiger partial charge in [0.25, 0.3) is 0 Å². The molecule has 0 bridgehead atoms. The van der Waals surface area contributed by atoms with E-state index in [0.717, 1.165) is 6.08 Å². The molecule has 6 nitrogen and oxygen atoms in total. The zero-order valence-corrected chi connectivity index (χ0v) is 16.1. The Kier molecular flexibility index (Phi) is 8.73. The average molecular weight is 450 g/mol. The van der Waals surface area contributed by atoms with E-state index in [9.17, 15) is 35.7 Å². The van der Waals surface area contributed by atoms with Gasteiger partial charge >= 0.3 is 25.9 Å². The van der Waals surface area contributed by atoms with Crippen molar-refractivity contribution < 1.29 is 54.2 Å². The molecule has 1 aromatic carbocycles. The van der Waals surface area contributed by atoms with Crippen LogP contribution in [-0.2, 0) is 23.1 Å². The number of ether oxygens (including phenoxy) is 2. The highest BCUT2D eigenvalue weighted by molar-refractivity contribution is 7.60. The molecule has 0 aliphatic heterocycles. The lowest BCUT2D eigenvalue weighted by Gasteiger charge is -2.21. The predicted molar refractivity (Wildman–Crippen MR) is 89.2 cm³/mol. The fourth-order valence-corrected chi connectivity index (χ4v) is 3.39. The number of carbonyl (C=O) groups is 1. The van der Waals surface area contributed by atoms with Crippen LogP contribution in [0.3, 0.4) is 0 Å². The number of hydrogen-bond donors (Lipinski definition) is 0. The minimum Gasteiger partial charge on any atom is -0.497 e. The lowest BCUT2D eigenvalue weighted by molar-refractivity contribution is -0.165. The van der Waals surface area contributed by atoms with Gasteiger partial charge in [0.2, 0.25) is 0 Å². The molecular formula is C16H17F6O6P. The second kappa shape index (κ2) is 10.1. The Morgan fingerprint density at radius 1 is 1.00 bits per heavy atom. The Morgan fingerprint density at radius 2 is 1.48 bits per heavy atom. The first-order chi connectivity index (χ1) is 13.3. The Balaban J connectivity index is 3.41. The lowest BCUT2D eigenvalue weighted by atomic mass is 10.2. The second-order valence-electron chi connectivity index (χ2n) is 5.30. The van der Waals surface area contributed by atoms with Crippen LogP contribution in [0.2, 0.25) is 0 Å². The van der Waals surface area contributed by atoms with Crippen LogP contribution in [0.1, 0.15) is 12.5 Å². The standard InChI is InChI=1S/C16H17F6O6P/c1-3-26-14(23)13(8-11-4-6-12(25-2)7-5-11)29(24,27-9-15(17,18)19)28-10-16(20,21)22/h4-8H,3,9-10H2,1-2H3/b13-8+. The third kappa shape index (κ3) is 8.88. The molecule has 1 aromatic rings. The van der Waals surface area contributed by atoms with Gasteiger partial charge in [0, 0.05) is 0 Å². The molecule has 0 spiro atoms. The van der Waals surface area contributed by atoms with Crippen molar-refractivity contribution in [2.45, 2.75) is 19.3 Å². The van der Waals surface area contributed by atoms with Crippen LogP contribution < -0.4 is 4.74 Å². The third-order valence-electron chi connectivity index (χ3n) is 3.00. The van der Waals surface area contributed by atoms with Crippen LogP contribution in [0.15, 0.2) is 29.6 Å². The van der Waals surface area contributed by atoms with E-state index in [4.69, 9.17) is 4.74 Å². The maximum atomic E-state index is 12.8. The number of halogens is 6. The summed E-state index contributed by atoms with van der Waals surface area (Å²) in [6, 6.07) is 5.42. The van der Waals surface area contributed by atoms with Gasteiger partial charge in [-0.1, -0.05) is 12.1 Å². The van der Waals surface area contributed by atoms with Crippen molar-refractivity contribution in [3.05, 3.63) is 35.1 Å². The van der Waals surface area contributed by atoms with Gasteiger partial charge in [0.05, 0.1) is 13.7 Å². The van der Waals surface area contributed by atoms with Crippen molar-refractivity contribution in [1.82, 2.24) is 0 Å². The van der Waals surface area contributed by atoms with Crippen molar-refractivity contribution >= 4 is 19.6 Å². The number of esters is 1. The maximum Gasteiger partial charge on any atom is 0.412 e. The summed E-state index contributed by atoms with van der Waals surface area (Å²) in [6.07, 6.45) is -9.32. The van der Waals surface area contributed by atoms with Gasteiger partial charge < -0.3 is 9.47 Å². The zero-order chi connectivity index (χ0) is 22.3. The molecule has 0 amide bonds. The summed E-state index contributed by atoms with van der Waals surface area (Å²) < 4.78 is 106. The van der Waals surface area contributed by atoms with Gasteiger partial charge in [-0.15, -0.1) is 0 Å². The first kappa shape index (κ1) is 25.0. The van der Waals surface area contributed by atoms with E-state index in [1.165, 1.54) is 38.3 Å². The third-order valence-corrected chi connectivity index (χ3v) is 4.83. The normalized spacial score (nSPS) is 13.3. The Hall–Kier alpha value is -2.04. The van der Waals surface area contributed by atoms with Crippen LogP contribution in [0.4, 0.5) is 26.3 Å². The fraction of sp³-hybridized carbons (Fsp3) is 0.438. The Bertz CT molecular complexity index is 735. The van der Waals surface area contributed by atoms with Crippen LogP contribution in [0, 0.1) is 0 Å². The van der Waals surface area contributed by atoms with Crippen molar-refractivity contribution in [3.8, 4) is 5.75 Å². The van der Waals surface area contributed by atoms with E-state index < -0.39 is 44.4 Å². The molecule has 13 heteroatoms. The van der Waals surface area contributed by atoms with Gasteiger partial charge in [0.15, 0.2) is 13.2 Å². The first-order valence-corrected chi connectivity index (χ1v) is 9.40. The molecule has 164 valence electrons. The van der Waals surface area contributed by atoms with Crippen LogP contribution in [0.25, 0.3) is 6.08 Å². The molecule has 0 atom stereocenters. The minimum atomic E-state index is -5.38. The molecule has 0 aliphatic carbocycles. The minimum absolute atomic E-state index is 0.0975. The number of hydrogen-bond acceptors (Lipinski definition) is 6. The molecular weight excluding hydrogens is 433 g/mol.